The average molecular weight is 452 g/mol. The Morgan fingerprint density at radius 3 is 2.42 bits per heavy atom. The maximum atomic E-state index is 12.8. The predicted molar refractivity (Wildman–Crippen MR) is 108 cm³/mol. The van der Waals surface area contributed by atoms with Gasteiger partial charge in [-0.1, -0.05) is 19.1 Å². The Bertz CT molecular complexity index is 1070. The fourth-order valence-electron chi connectivity index (χ4n) is 2.75. The number of ether oxygens (including phenoxy) is 1. The van der Waals surface area contributed by atoms with E-state index in [1.165, 1.54) is 18.2 Å². The van der Waals surface area contributed by atoms with Gasteiger partial charge >= 0.3 is 11.9 Å². The highest BCUT2D eigenvalue weighted by Gasteiger charge is 2.34. The number of rotatable bonds is 6. The molecular formula is C20H15F3N2O5S. The van der Waals surface area contributed by atoms with Crippen molar-refractivity contribution in [3.63, 3.8) is 0 Å². The van der Waals surface area contributed by atoms with Gasteiger partial charge in [-0.3, -0.25) is 24.6 Å². The zero-order chi connectivity index (χ0) is 22.8. The van der Waals surface area contributed by atoms with Gasteiger partial charge in [0.1, 0.15) is 5.75 Å². The van der Waals surface area contributed by atoms with Gasteiger partial charge in [-0.05, 0) is 54.1 Å². The monoisotopic (exact) mass is 452 g/mol. The normalized spacial score (nSPS) is 15.6. The Morgan fingerprint density at radius 1 is 1.16 bits per heavy atom. The summed E-state index contributed by atoms with van der Waals surface area (Å²) in [5.41, 5.74) is -1.39. The van der Waals surface area contributed by atoms with Crippen molar-refractivity contribution in [1.82, 2.24) is 4.90 Å². The molecule has 0 atom stereocenters. The van der Waals surface area contributed by atoms with Gasteiger partial charge in [0.05, 0.1) is 15.4 Å². The van der Waals surface area contributed by atoms with E-state index in [9.17, 15) is 32.9 Å². The molecule has 7 nitrogen and oxygen atoms in total. The maximum absolute atomic E-state index is 12.8. The lowest BCUT2D eigenvalue weighted by Crippen LogP contribution is -2.28. The Kier molecular flexibility index (Phi) is 6.34. The number of alkyl halides is 3. The molecule has 1 fully saturated rings. The van der Waals surface area contributed by atoms with Crippen LogP contribution >= 0.6 is 11.8 Å². The van der Waals surface area contributed by atoms with E-state index in [1.54, 1.807) is 12.1 Å². The van der Waals surface area contributed by atoms with Crippen molar-refractivity contribution in [2.45, 2.75) is 19.5 Å². The first-order valence-electron chi connectivity index (χ1n) is 8.99. The molecule has 1 heterocycles. The molecule has 0 unspecified atom stereocenters. The molecule has 1 aliphatic heterocycles. The van der Waals surface area contributed by atoms with E-state index in [0.29, 0.717) is 30.7 Å². The lowest BCUT2D eigenvalue weighted by Gasteiger charge is -2.10. The minimum absolute atomic E-state index is 0.152. The molecule has 0 aromatic heterocycles. The average Bonchev–Trinajstić information content (AvgIpc) is 2.96. The van der Waals surface area contributed by atoms with E-state index in [4.69, 9.17) is 4.74 Å². The second-order valence-corrected chi connectivity index (χ2v) is 7.44. The quantitative estimate of drug-likeness (QED) is 0.310. The largest absolute Gasteiger partial charge is 0.450 e. The van der Waals surface area contributed by atoms with Crippen LogP contribution in [0.3, 0.4) is 0 Å². The van der Waals surface area contributed by atoms with E-state index in [1.807, 2.05) is 6.92 Å². The Balaban J connectivity index is 1.80. The predicted octanol–water partition coefficient (Wildman–Crippen LogP) is 5.85. The summed E-state index contributed by atoms with van der Waals surface area (Å²) < 4.78 is 43.8. The van der Waals surface area contributed by atoms with Gasteiger partial charge in [0.25, 0.3) is 11.1 Å². The summed E-state index contributed by atoms with van der Waals surface area (Å²) in [5, 5.41) is 10.8. The molecule has 0 saturated carbocycles. The summed E-state index contributed by atoms with van der Waals surface area (Å²) in [5.74, 6) is -0.567. The number of nitro benzene ring substituents is 1. The number of hydrogen-bond acceptors (Lipinski definition) is 6. The highest BCUT2D eigenvalue weighted by Crippen LogP contribution is 2.38. The molecule has 2 amide bonds. The molecular weight excluding hydrogens is 437 g/mol. The van der Waals surface area contributed by atoms with Crippen LogP contribution in [0.5, 0.6) is 11.5 Å². The van der Waals surface area contributed by atoms with E-state index >= 15 is 0 Å². The number of nitrogens with zero attached hydrogens (tertiary/aromatic N) is 2. The second kappa shape index (κ2) is 8.80. The van der Waals surface area contributed by atoms with Crippen molar-refractivity contribution >= 4 is 34.7 Å². The lowest BCUT2D eigenvalue weighted by atomic mass is 10.1. The molecule has 31 heavy (non-hydrogen) atoms. The van der Waals surface area contributed by atoms with Crippen molar-refractivity contribution in [2.24, 2.45) is 0 Å². The summed E-state index contributed by atoms with van der Waals surface area (Å²) >= 11 is 0.832. The van der Waals surface area contributed by atoms with E-state index < -0.39 is 22.4 Å². The molecule has 2 aromatic carbocycles. The number of thioether (sulfide) groups is 1. The fourth-order valence-corrected chi connectivity index (χ4v) is 3.61. The Morgan fingerprint density at radius 2 is 1.84 bits per heavy atom. The zero-order valence-electron chi connectivity index (χ0n) is 16.0. The number of carbonyl (C=O) groups is 2. The first-order chi connectivity index (χ1) is 14.6. The van der Waals surface area contributed by atoms with Gasteiger partial charge in [0.2, 0.25) is 5.75 Å². The minimum atomic E-state index is -4.72. The van der Waals surface area contributed by atoms with Crippen LogP contribution in [0.25, 0.3) is 6.08 Å². The summed E-state index contributed by atoms with van der Waals surface area (Å²) in [6.45, 7) is 2.19. The fraction of sp³-hybridized carbons (Fsp3) is 0.200. The van der Waals surface area contributed by atoms with Gasteiger partial charge in [-0.15, -0.1) is 0 Å². The molecule has 0 N–H and O–H groups in total. The van der Waals surface area contributed by atoms with Crippen LogP contribution in [0.4, 0.5) is 23.7 Å². The number of carbonyl (C=O) groups excluding carboxylic acids is 2. The van der Waals surface area contributed by atoms with E-state index in [2.05, 4.69) is 0 Å². The third kappa shape index (κ3) is 5.05. The number of halogens is 3. The molecule has 0 radical (unpaired) electrons. The third-order valence-corrected chi connectivity index (χ3v) is 5.12. The smallest absolute Gasteiger partial charge is 0.416 e. The molecule has 0 spiro atoms. The van der Waals surface area contributed by atoms with Crippen LogP contribution in [-0.4, -0.2) is 27.5 Å². The van der Waals surface area contributed by atoms with Crippen molar-refractivity contribution in [3.8, 4) is 11.5 Å². The van der Waals surface area contributed by atoms with E-state index in [-0.39, 0.29) is 27.6 Å². The summed E-state index contributed by atoms with van der Waals surface area (Å²) in [7, 11) is 0. The third-order valence-electron chi connectivity index (χ3n) is 4.21. The minimum Gasteiger partial charge on any atom is -0.450 e. The van der Waals surface area contributed by atoms with Gasteiger partial charge < -0.3 is 4.74 Å². The number of imide groups is 1. The van der Waals surface area contributed by atoms with Crippen LogP contribution < -0.4 is 4.74 Å². The Labute approximate surface area is 178 Å². The Hall–Kier alpha value is -3.34. The zero-order valence-corrected chi connectivity index (χ0v) is 16.8. The molecule has 1 aliphatic rings. The van der Waals surface area contributed by atoms with Crippen molar-refractivity contribution in [2.75, 3.05) is 6.54 Å². The molecule has 2 aromatic rings. The highest BCUT2D eigenvalue weighted by molar-refractivity contribution is 8.18. The lowest BCUT2D eigenvalue weighted by molar-refractivity contribution is -0.385. The van der Waals surface area contributed by atoms with Crippen LogP contribution in [0.1, 0.15) is 24.5 Å². The second-order valence-electron chi connectivity index (χ2n) is 6.44. The summed E-state index contributed by atoms with van der Waals surface area (Å²) in [6.07, 6.45) is -2.54. The van der Waals surface area contributed by atoms with Gasteiger partial charge in [-0.25, -0.2) is 0 Å². The van der Waals surface area contributed by atoms with E-state index in [0.717, 1.165) is 22.7 Å². The number of benzene rings is 2. The van der Waals surface area contributed by atoms with Crippen LogP contribution in [0.2, 0.25) is 0 Å². The van der Waals surface area contributed by atoms with Crippen molar-refractivity contribution < 1.29 is 32.4 Å². The highest BCUT2D eigenvalue weighted by atomic mass is 32.2. The number of hydrogen-bond donors (Lipinski definition) is 0. The summed E-state index contributed by atoms with van der Waals surface area (Å²) in [4.78, 5) is 35.8. The topological polar surface area (TPSA) is 89.8 Å². The molecule has 0 bridgehead atoms. The number of nitro groups is 1. The van der Waals surface area contributed by atoms with Crippen LogP contribution in [-0.2, 0) is 11.0 Å². The SMILES string of the molecule is CCCN1C(=O)S/C(=C/c2ccc(Oc3ccc(C(F)(F)F)cc3[N+](=O)[O-])cc2)C1=O. The van der Waals surface area contributed by atoms with Gasteiger partial charge in [-0.2, -0.15) is 13.2 Å². The van der Waals surface area contributed by atoms with Gasteiger partial charge in [0, 0.05) is 12.6 Å². The van der Waals surface area contributed by atoms with Crippen LogP contribution in [0.15, 0.2) is 47.4 Å². The molecule has 162 valence electrons. The van der Waals surface area contributed by atoms with Gasteiger partial charge in [0.15, 0.2) is 0 Å². The van der Waals surface area contributed by atoms with Crippen LogP contribution in [0, 0.1) is 10.1 Å². The standard InChI is InChI=1S/C20H15F3N2O5S/c1-2-9-24-18(26)17(31-19(24)27)10-12-3-6-14(7-4-12)30-16-8-5-13(20(21,22)23)11-15(16)25(28)29/h3-8,10-11H,2,9H2,1H3/b17-10+. The molecule has 1 saturated heterocycles. The maximum Gasteiger partial charge on any atom is 0.416 e. The first-order valence-corrected chi connectivity index (χ1v) is 9.80. The summed E-state index contributed by atoms with van der Waals surface area (Å²) in [6, 6.07) is 8.00. The van der Waals surface area contributed by atoms with Crippen molar-refractivity contribution in [1.29, 1.82) is 0 Å². The molecule has 3 rings (SSSR count). The van der Waals surface area contributed by atoms with Crippen molar-refractivity contribution in [3.05, 3.63) is 68.6 Å². The molecule has 11 heteroatoms. The molecule has 0 aliphatic carbocycles. The first kappa shape index (κ1) is 22.3. The number of amides is 2.